The summed E-state index contributed by atoms with van der Waals surface area (Å²) in [5, 5.41) is 0.472. The van der Waals surface area contributed by atoms with Gasteiger partial charge in [-0.3, -0.25) is 9.59 Å². The van der Waals surface area contributed by atoms with Gasteiger partial charge >= 0.3 is 0 Å². The number of aromatic nitrogens is 1. The molecule has 0 spiro atoms. The van der Waals surface area contributed by atoms with Crippen molar-refractivity contribution in [2.24, 2.45) is 5.84 Å². The number of amides is 2. The minimum atomic E-state index is -0.804. The Morgan fingerprint density at radius 2 is 1.63 bits per heavy atom. The first-order valence-corrected chi connectivity index (χ1v) is 7.83. The number of rotatable bonds is 4. The van der Waals surface area contributed by atoms with Crippen molar-refractivity contribution in [2.45, 2.75) is 0 Å². The average Bonchev–Trinajstić information content (AvgIpc) is 2.69. The molecular weight excluding hydrogens is 351 g/mol. The minimum absolute atomic E-state index is 0.0203. The summed E-state index contributed by atoms with van der Waals surface area (Å²) in [5.41, 5.74) is 6.24. The lowest BCUT2D eigenvalue weighted by molar-refractivity contribution is 0.0613. The molecule has 0 fully saturated rings. The average molecular weight is 366 g/mol. The smallest absolute Gasteiger partial charge is 0.280 e. The van der Waals surface area contributed by atoms with Crippen molar-refractivity contribution >= 4 is 17.5 Å². The van der Waals surface area contributed by atoms with Crippen molar-refractivity contribution in [3.8, 4) is 11.6 Å². The molecule has 0 unspecified atom stereocenters. The summed E-state index contributed by atoms with van der Waals surface area (Å²) < 4.78 is 18.5. The van der Waals surface area contributed by atoms with Crippen LogP contribution in [0.15, 0.2) is 66.9 Å². The molecule has 3 aromatic rings. The fraction of sp³-hybridized carbons (Fsp3) is 0. The van der Waals surface area contributed by atoms with Gasteiger partial charge in [0.25, 0.3) is 11.8 Å². The first-order valence-electron chi connectivity index (χ1n) is 7.83. The zero-order chi connectivity index (χ0) is 19.4. The van der Waals surface area contributed by atoms with Crippen molar-refractivity contribution in [1.82, 2.24) is 9.99 Å². The van der Waals surface area contributed by atoms with Gasteiger partial charge in [0, 0.05) is 17.4 Å². The molecule has 136 valence electrons. The maximum atomic E-state index is 13.0. The first-order chi connectivity index (χ1) is 13.0. The van der Waals surface area contributed by atoms with E-state index in [-0.39, 0.29) is 22.8 Å². The summed E-state index contributed by atoms with van der Waals surface area (Å²) in [5.74, 6) is 3.99. The van der Waals surface area contributed by atoms with Crippen LogP contribution in [0.2, 0.25) is 0 Å². The third-order valence-electron chi connectivity index (χ3n) is 3.62. The highest BCUT2D eigenvalue weighted by atomic mass is 19.1. The molecule has 0 saturated heterocycles. The molecule has 2 aromatic carbocycles. The SMILES string of the molecule is Nc1ccc(C(=O)N(N)C(=O)c2cccnc2Oc2ccc(F)cc2)cc1. The van der Waals surface area contributed by atoms with E-state index in [1.165, 1.54) is 66.9 Å². The number of ether oxygens (including phenoxy) is 1. The normalized spacial score (nSPS) is 10.3. The van der Waals surface area contributed by atoms with Crippen LogP contribution < -0.4 is 16.3 Å². The van der Waals surface area contributed by atoms with E-state index in [1.54, 1.807) is 0 Å². The quantitative estimate of drug-likeness (QED) is 0.241. The second kappa shape index (κ2) is 7.63. The number of imide groups is 1. The monoisotopic (exact) mass is 366 g/mol. The fourth-order valence-electron chi connectivity index (χ4n) is 2.24. The van der Waals surface area contributed by atoms with E-state index in [1.807, 2.05) is 0 Å². The van der Waals surface area contributed by atoms with Crippen LogP contribution in [0.5, 0.6) is 11.6 Å². The number of hydrazine groups is 1. The lowest BCUT2D eigenvalue weighted by atomic mass is 10.1. The summed E-state index contributed by atoms with van der Waals surface area (Å²) >= 11 is 0. The Morgan fingerprint density at radius 1 is 0.963 bits per heavy atom. The van der Waals surface area contributed by atoms with Crippen LogP contribution in [-0.2, 0) is 0 Å². The van der Waals surface area contributed by atoms with Gasteiger partial charge < -0.3 is 10.5 Å². The van der Waals surface area contributed by atoms with Gasteiger partial charge in [-0.1, -0.05) is 0 Å². The van der Waals surface area contributed by atoms with Crippen molar-refractivity contribution in [1.29, 1.82) is 0 Å². The van der Waals surface area contributed by atoms with Crippen molar-refractivity contribution < 1.29 is 18.7 Å². The van der Waals surface area contributed by atoms with Crippen LogP contribution in [0, 0.1) is 5.82 Å². The zero-order valence-corrected chi connectivity index (χ0v) is 14.0. The minimum Gasteiger partial charge on any atom is -0.438 e. The van der Waals surface area contributed by atoms with Gasteiger partial charge in [0.05, 0.1) is 0 Å². The number of carbonyl (C=O) groups is 2. The summed E-state index contributed by atoms with van der Waals surface area (Å²) in [6, 6.07) is 14.1. The Kier molecular flexibility index (Phi) is 5.09. The molecule has 0 bridgehead atoms. The van der Waals surface area contributed by atoms with Gasteiger partial charge in [-0.15, -0.1) is 0 Å². The molecule has 8 heteroatoms. The Hall–Kier alpha value is -3.78. The molecule has 3 rings (SSSR count). The molecule has 1 heterocycles. The summed E-state index contributed by atoms with van der Waals surface area (Å²) in [4.78, 5) is 29.1. The van der Waals surface area contributed by atoms with E-state index in [4.69, 9.17) is 16.3 Å². The third kappa shape index (κ3) is 4.07. The van der Waals surface area contributed by atoms with Gasteiger partial charge in [0.1, 0.15) is 17.1 Å². The van der Waals surface area contributed by atoms with Gasteiger partial charge in [-0.2, -0.15) is 0 Å². The van der Waals surface area contributed by atoms with E-state index in [0.717, 1.165) is 0 Å². The molecular formula is C19H15FN4O3. The number of anilines is 1. The standard InChI is InChI=1S/C19H15FN4O3/c20-13-5-9-15(10-6-13)27-17-16(2-1-11-23-17)19(26)24(22)18(25)12-3-7-14(21)8-4-12/h1-11H,21-22H2. The highest BCUT2D eigenvalue weighted by molar-refractivity contribution is 6.10. The predicted molar refractivity (Wildman–Crippen MR) is 96.3 cm³/mol. The molecule has 0 atom stereocenters. The number of pyridine rings is 1. The van der Waals surface area contributed by atoms with Crippen LogP contribution in [-0.4, -0.2) is 21.8 Å². The highest BCUT2D eigenvalue weighted by Crippen LogP contribution is 2.24. The topological polar surface area (TPSA) is 112 Å². The van der Waals surface area contributed by atoms with Crippen LogP contribution in [0.4, 0.5) is 10.1 Å². The highest BCUT2D eigenvalue weighted by Gasteiger charge is 2.24. The molecule has 0 aliphatic rings. The van der Waals surface area contributed by atoms with Gasteiger partial charge in [-0.05, 0) is 60.7 Å². The maximum Gasteiger partial charge on any atom is 0.280 e. The van der Waals surface area contributed by atoms with Crippen molar-refractivity contribution in [3.63, 3.8) is 0 Å². The molecule has 0 aliphatic heterocycles. The molecule has 0 aliphatic carbocycles. The van der Waals surface area contributed by atoms with Gasteiger partial charge in [0.15, 0.2) is 0 Å². The number of nitrogens with zero attached hydrogens (tertiary/aromatic N) is 2. The predicted octanol–water partition coefficient (Wildman–Crippen LogP) is 2.75. The summed E-state index contributed by atoms with van der Waals surface area (Å²) in [6.07, 6.45) is 1.41. The largest absolute Gasteiger partial charge is 0.438 e. The first kappa shape index (κ1) is 18.0. The Balaban J connectivity index is 1.84. The molecule has 0 saturated carbocycles. The Labute approximate surface area is 154 Å². The molecule has 7 nitrogen and oxygen atoms in total. The molecule has 2 amide bonds. The van der Waals surface area contributed by atoms with E-state index in [9.17, 15) is 14.0 Å². The zero-order valence-electron chi connectivity index (χ0n) is 14.0. The van der Waals surface area contributed by atoms with Crippen molar-refractivity contribution in [2.75, 3.05) is 5.73 Å². The number of benzene rings is 2. The second-order valence-corrected chi connectivity index (χ2v) is 5.51. The van der Waals surface area contributed by atoms with Crippen LogP contribution in [0.1, 0.15) is 20.7 Å². The van der Waals surface area contributed by atoms with Crippen molar-refractivity contribution in [3.05, 3.63) is 83.8 Å². The van der Waals surface area contributed by atoms with Crippen LogP contribution in [0.25, 0.3) is 0 Å². The number of hydrogen-bond acceptors (Lipinski definition) is 6. The van der Waals surface area contributed by atoms with Gasteiger partial charge in [0.2, 0.25) is 5.88 Å². The number of nitrogens with two attached hydrogens (primary N) is 2. The molecule has 4 N–H and O–H groups in total. The summed E-state index contributed by atoms with van der Waals surface area (Å²) in [7, 11) is 0. The molecule has 0 radical (unpaired) electrons. The lowest BCUT2D eigenvalue weighted by Crippen LogP contribution is -2.42. The lowest BCUT2D eigenvalue weighted by Gasteiger charge is -2.16. The van der Waals surface area contributed by atoms with E-state index >= 15 is 0 Å². The molecule has 27 heavy (non-hydrogen) atoms. The Morgan fingerprint density at radius 3 is 2.30 bits per heavy atom. The van der Waals surface area contributed by atoms with E-state index < -0.39 is 17.6 Å². The number of carbonyl (C=O) groups excluding carboxylic acids is 2. The van der Waals surface area contributed by atoms with E-state index in [2.05, 4.69) is 4.98 Å². The summed E-state index contributed by atoms with van der Waals surface area (Å²) in [6.45, 7) is 0. The molecule has 1 aromatic heterocycles. The van der Waals surface area contributed by atoms with Crippen LogP contribution in [0.3, 0.4) is 0 Å². The second-order valence-electron chi connectivity index (χ2n) is 5.51. The number of nitrogen functional groups attached to an aromatic ring is 1. The van der Waals surface area contributed by atoms with Gasteiger partial charge in [-0.25, -0.2) is 20.2 Å². The van der Waals surface area contributed by atoms with Crippen LogP contribution >= 0.6 is 0 Å². The number of hydrogen-bond donors (Lipinski definition) is 2. The number of halogens is 1. The van der Waals surface area contributed by atoms with E-state index in [0.29, 0.717) is 10.7 Å². The third-order valence-corrected chi connectivity index (χ3v) is 3.62. The Bertz CT molecular complexity index is 975. The fourth-order valence-corrected chi connectivity index (χ4v) is 2.24. The maximum absolute atomic E-state index is 13.0.